The maximum atomic E-state index is 10.1. The number of nitrogens with zero attached hydrogens (tertiary/aromatic N) is 1. The first-order valence-corrected chi connectivity index (χ1v) is 5.73. The number of hydrogen-bond donors (Lipinski definition) is 2. The van der Waals surface area contributed by atoms with Gasteiger partial charge in [-0.05, 0) is 32.1 Å². The molecule has 0 saturated carbocycles. The summed E-state index contributed by atoms with van der Waals surface area (Å²) in [7, 11) is 0. The van der Waals surface area contributed by atoms with E-state index in [-0.39, 0.29) is 0 Å². The highest BCUT2D eigenvalue weighted by Crippen LogP contribution is 2.34. The number of aliphatic hydroxyl groups excluding tert-OH is 1. The Morgan fingerprint density at radius 1 is 1.47 bits per heavy atom. The van der Waals surface area contributed by atoms with Crippen molar-refractivity contribution in [3.63, 3.8) is 0 Å². The zero-order chi connectivity index (χ0) is 10.7. The van der Waals surface area contributed by atoms with E-state index in [1.165, 1.54) is 12.8 Å². The van der Waals surface area contributed by atoms with Gasteiger partial charge in [-0.3, -0.25) is 9.69 Å². The summed E-state index contributed by atoms with van der Waals surface area (Å²) in [4.78, 5) is 12.5. The SMILES string of the molecule is O=CNCC(O)CN1[C@@H]2C[CH]C[C@H]1CC2. The summed E-state index contributed by atoms with van der Waals surface area (Å²) >= 11 is 0. The second-order valence-electron chi connectivity index (χ2n) is 4.52. The number of rotatable bonds is 5. The van der Waals surface area contributed by atoms with Gasteiger partial charge in [0.05, 0.1) is 6.10 Å². The molecule has 2 aliphatic heterocycles. The summed E-state index contributed by atoms with van der Waals surface area (Å²) in [5, 5.41) is 12.2. The van der Waals surface area contributed by atoms with Gasteiger partial charge in [0.15, 0.2) is 0 Å². The first-order chi connectivity index (χ1) is 7.31. The van der Waals surface area contributed by atoms with Gasteiger partial charge in [-0.1, -0.05) is 0 Å². The molecule has 2 rings (SSSR count). The Morgan fingerprint density at radius 3 is 2.73 bits per heavy atom. The normalized spacial score (nSPS) is 32.6. The summed E-state index contributed by atoms with van der Waals surface area (Å²) in [5.41, 5.74) is 0. The van der Waals surface area contributed by atoms with Gasteiger partial charge in [-0.25, -0.2) is 0 Å². The van der Waals surface area contributed by atoms with Crippen LogP contribution in [0.15, 0.2) is 0 Å². The zero-order valence-corrected chi connectivity index (χ0v) is 8.93. The van der Waals surface area contributed by atoms with Crippen LogP contribution in [0, 0.1) is 6.42 Å². The number of piperidine rings is 1. The summed E-state index contributed by atoms with van der Waals surface area (Å²) in [6.45, 7) is 1.06. The van der Waals surface area contributed by atoms with E-state index < -0.39 is 6.10 Å². The molecular weight excluding hydrogens is 192 g/mol. The minimum Gasteiger partial charge on any atom is -0.390 e. The maximum absolute atomic E-state index is 10.1. The molecule has 85 valence electrons. The van der Waals surface area contributed by atoms with Crippen LogP contribution >= 0.6 is 0 Å². The number of amides is 1. The van der Waals surface area contributed by atoms with Gasteiger partial charge in [0.25, 0.3) is 0 Å². The van der Waals surface area contributed by atoms with Crippen LogP contribution in [-0.2, 0) is 4.79 Å². The Balaban J connectivity index is 1.81. The Morgan fingerprint density at radius 2 is 2.13 bits per heavy atom. The molecule has 2 N–H and O–H groups in total. The van der Waals surface area contributed by atoms with Crippen LogP contribution in [0.2, 0.25) is 0 Å². The molecule has 0 aromatic rings. The third-order valence-corrected chi connectivity index (χ3v) is 3.51. The molecule has 4 heteroatoms. The highest BCUT2D eigenvalue weighted by Gasteiger charge is 2.36. The van der Waals surface area contributed by atoms with Gasteiger partial charge < -0.3 is 10.4 Å². The number of carbonyl (C=O) groups excluding carboxylic acids is 1. The van der Waals surface area contributed by atoms with Crippen molar-refractivity contribution in [2.24, 2.45) is 0 Å². The van der Waals surface area contributed by atoms with E-state index >= 15 is 0 Å². The van der Waals surface area contributed by atoms with Gasteiger partial charge >= 0.3 is 0 Å². The van der Waals surface area contributed by atoms with Crippen LogP contribution in [0.25, 0.3) is 0 Å². The topological polar surface area (TPSA) is 52.6 Å². The lowest BCUT2D eigenvalue weighted by molar-refractivity contribution is -0.110. The summed E-state index contributed by atoms with van der Waals surface area (Å²) < 4.78 is 0. The Hall–Kier alpha value is -0.610. The summed E-state index contributed by atoms with van der Waals surface area (Å²) in [6, 6.07) is 1.27. The van der Waals surface area contributed by atoms with Gasteiger partial charge in [0.2, 0.25) is 6.41 Å². The number of carbonyl (C=O) groups is 1. The Labute approximate surface area is 90.6 Å². The molecule has 4 nitrogen and oxygen atoms in total. The van der Waals surface area contributed by atoms with E-state index in [0.717, 1.165) is 12.8 Å². The van der Waals surface area contributed by atoms with E-state index in [4.69, 9.17) is 0 Å². The zero-order valence-electron chi connectivity index (χ0n) is 8.93. The smallest absolute Gasteiger partial charge is 0.207 e. The predicted molar refractivity (Wildman–Crippen MR) is 57.1 cm³/mol. The summed E-state index contributed by atoms with van der Waals surface area (Å²) in [5.74, 6) is 0. The van der Waals surface area contributed by atoms with Gasteiger partial charge in [0.1, 0.15) is 0 Å². The highest BCUT2D eigenvalue weighted by atomic mass is 16.3. The fraction of sp³-hybridized carbons (Fsp3) is 0.818. The lowest BCUT2D eigenvalue weighted by atomic mass is 10.0. The third-order valence-electron chi connectivity index (χ3n) is 3.51. The van der Waals surface area contributed by atoms with E-state index in [1.54, 1.807) is 0 Å². The van der Waals surface area contributed by atoms with Crippen LogP contribution in [-0.4, -0.2) is 47.7 Å². The van der Waals surface area contributed by atoms with Gasteiger partial charge in [-0.2, -0.15) is 0 Å². The average Bonchev–Trinajstić information content (AvgIpc) is 2.50. The average molecular weight is 211 g/mol. The van der Waals surface area contributed by atoms with Crippen molar-refractivity contribution in [2.75, 3.05) is 13.1 Å². The van der Waals surface area contributed by atoms with E-state index in [9.17, 15) is 9.90 Å². The van der Waals surface area contributed by atoms with Crippen LogP contribution in [0.5, 0.6) is 0 Å². The molecule has 1 amide bonds. The maximum Gasteiger partial charge on any atom is 0.207 e. The molecule has 2 aliphatic rings. The van der Waals surface area contributed by atoms with Crippen molar-refractivity contribution in [2.45, 2.75) is 43.9 Å². The summed E-state index contributed by atoms with van der Waals surface area (Å²) in [6.07, 6.45) is 7.41. The molecule has 3 atom stereocenters. The monoisotopic (exact) mass is 211 g/mol. The van der Waals surface area contributed by atoms with E-state index in [1.807, 2.05) is 0 Å². The molecular formula is C11H19N2O2. The van der Waals surface area contributed by atoms with Crippen LogP contribution < -0.4 is 5.32 Å². The van der Waals surface area contributed by atoms with Gasteiger partial charge in [0, 0.05) is 25.2 Å². The molecule has 1 radical (unpaired) electrons. The number of fused-ring (bicyclic) bond motifs is 2. The molecule has 0 aromatic carbocycles. The molecule has 0 aliphatic carbocycles. The molecule has 2 fully saturated rings. The Bertz CT molecular complexity index is 207. The van der Waals surface area contributed by atoms with E-state index in [2.05, 4.69) is 16.6 Å². The fourth-order valence-electron chi connectivity index (χ4n) is 2.79. The van der Waals surface area contributed by atoms with Crippen LogP contribution in [0.3, 0.4) is 0 Å². The van der Waals surface area contributed by atoms with Crippen molar-refractivity contribution in [1.82, 2.24) is 10.2 Å². The molecule has 2 bridgehead atoms. The minimum atomic E-state index is -0.434. The van der Waals surface area contributed by atoms with Crippen LogP contribution in [0.4, 0.5) is 0 Å². The quantitative estimate of drug-likeness (QED) is 0.626. The predicted octanol–water partition coefficient (Wildman–Crippen LogP) is -0.0756. The second-order valence-corrected chi connectivity index (χ2v) is 4.52. The molecule has 1 unspecified atom stereocenters. The minimum absolute atomic E-state index is 0.364. The molecule has 15 heavy (non-hydrogen) atoms. The molecule has 0 spiro atoms. The van der Waals surface area contributed by atoms with E-state index in [0.29, 0.717) is 31.6 Å². The molecule has 2 heterocycles. The number of aliphatic hydroxyl groups is 1. The standard InChI is InChI=1S/C11H19N2O2/c14-8-12-6-11(15)7-13-9-2-1-3-10(13)5-4-9/h1,8-11,15H,2-7H2,(H,12,14)/t9-,10+,11?. The van der Waals surface area contributed by atoms with Crippen molar-refractivity contribution < 1.29 is 9.90 Å². The van der Waals surface area contributed by atoms with Crippen LogP contribution in [0.1, 0.15) is 25.7 Å². The fourth-order valence-corrected chi connectivity index (χ4v) is 2.79. The molecule has 2 saturated heterocycles. The second kappa shape index (κ2) is 4.94. The Kier molecular flexibility index (Phi) is 3.59. The van der Waals surface area contributed by atoms with Crippen molar-refractivity contribution >= 4 is 6.41 Å². The first kappa shape index (κ1) is 10.9. The molecule has 0 aromatic heterocycles. The van der Waals surface area contributed by atoms with Crippen molar-refractivity contribution in [3.8, 4) is 0 Å². The highest BCUT2D eigenvalue weighted by molar-refractivity contribution is 5.45. The van der Waals surface area contributed by atoms with Crippen molar-refractivity contribution in [1.29, 1.82) is 0 Å². The largest absolute Gasteiger partial charge is 0.390 e. The third kappa shape index (κ3) is 2.49. The lowest BCUT2D eigenvalue weighted by Gasteiger charge is -2.35. The first-order valence-electron chi connectivity index (χ1n) is 5.73. The number of nitrogens with one attached hydrogen (secondary N) is 1. The van der Waals surface area contributed by atoms with Crippen molar-refractivity contribution in [3.05, 3.63) is 6.42 Å². The lowest BCUT2D eigenvalue weighted by Crippen LogP contribution is -2.46. The van der Waals surface area contributed by atoms with Gasteiger partial charge in [-0.15, -0.1) is 0 Å². The number of hydrogen-bond acceptors (Lipinski definition) is 3.